The van der Waals surface area contributed by atoms with Gasteiger partial charge in [0, 0.05) is 30.8 Å². The molecule has 7 nitrogen and oxygen atoms in total. The molecule has 3 rings (SSSR count). The SMILES string of the molecule is CCOc1ccc(C(=O)N2CCC(CNC(=O)c3ccc(OC)c(OC)c3)CC2)cc1. The van der Waals surface area contributed by atoms with Crippen LogP contribution in [0.15, 0.2) is 42.5 Å². The Morgan fingerprint density at radius 1 is 0.968 bits per heavy atom. The molecule has 1 aliphatic heterocycles. The first-order chi connectivity index (χ1) is 15.0. The molecule has 31 heavy (non-hydrogen) atoms. The molecule has 7 heteroatoms. The molecule has 0 bridgehead atoms. The number of ether oxygens (including phenoxy) is 3. The zero-order valence-electron chi connectivity index (χ0n) is 18.3. The third-order valence-electron chi connectivity index (χ3n) is 5.51. The highest BCUT2D eigenvalue weighted by atomic mass is 16.5. The topological polar surface area (TPSA) is 77.1 Å². The number of rotatable bonds is 8. The Balaban J connectivity index is 1.47. The lowest BCUT2D eigenvalue weighted by molar-refractivity contribution is 0.0684. The van der Waals surface area contributed by atoms with Crippen LogP contribution < -0.4 is 19.5 Å². The first-order valence-corrected chi connectivity index (χ1v) is 10.6. The fraction of sp³-hybridized carbons (Fsp3) is 0.417. The van der Waals surface area contributed by atoms with E-state index in [1.165, 1.54) is 0 Å². The number of nitrogens with zero attached hydrogens (tertiary/aromatic N) is 1. The van der Waals surface area contributed by atoms with Crippen molar-refractivity contribution in [3.63, 3.8) is 0 Å². The molecule has 2 aromatic rings. The maximum Gasteiger partial charge on any atom is 0.253 e. The Morgan fingerprint density at radius 3 is 2.23 bits per heavy atom. The van der Waals surface area contributed by atoms with Gasteiger partial charge in [-0.15, -0.1) is 0 Å². The van der Waals surface area contributed by atoms with Crippen LogP contribution in [0.25, 0.3) is 0 Å². The van der Waals surface area contributed by atoms with Crippen LogP contribution in [0.2, 0.25) is 0 Å². The predicted molar refractivity (Wildman–Crippen MR) is 118 cm³/mol. The molecule has 2 aromatic carbocycles. The molecule has 1 N–H and O–H groups in total. The zero-order valence-corrected chi connectivity index (χ0v) is 18.3. The van der Waals surface area contributed by atoms with Gasteiger partial charge in [0.05, 0.1) is 20.8 Å². The first-order valence-electron chi connectivity index (χ1n) is 10.6. The number of carbonyl (C=O) groups excluding carboxylic acids is 2. The van der Waals surface area contributed by atoms with Crippen molar-refractivity contribution in [2.45, 2.75) is 19.8 Å². The lowest BCUT2D eigenvalue weighted by Crippen LogP contribution is -2.41. The molecular weight excluding hydrogens is 396 g/mol. The second kappa shape index (κ2) is 10.7. The summed E-state index contributed by atoms with van der Waals surface area (Å²) in [6.45, 7) is 4.48. The Morgan fingerprint density at radius 2 is 1.61 bits per heavy atom. The van der Waals surface area contributed by atoms with Crippen LogP contribution in [0, 0.1) is 5.92 Å². The van der Waals surface area contributed by atoms with Crippen LogP contribution in [0.3, 0.4) is 0 Å². The van der Waals surface area contributed by atoms with E-state index in [-0.39, 0.29) is 11.8 Å². The van der Waals surface area contributed by atoms with Crippen molar-refractivity contribution >= 4 is 11.8 Å². The standard InChI is InChI=1S/C24H30N2O5/c1-4-31-20-8-5-18(6-9-20)24(28)26-13-11-17(12-14-26)16-25-23(27)19-7-10-21(29-2)22(15-19)30-3/h5-10,15,17H,4,11-14,16H2,1-3H3,(H,25,27). The van der Waals surface area contributed by atoms with Crippen molar-refractivity contribution in [3.05, 3.63) is 53.6 Å². The molecule has 1 saturated heterocycles. The lowest BCUT2D eigenvalue weighted by Gasteiger charge is -2.32. The molecule has 0 atom stereocenters. The van der Waals surface area contributed by atoms with E-state index >= 15 is 0 Å². The summed E-state index contributed by atoms with van der Waals surface area (Å²) in [6, 6.07) is 12.4. The first kappa shape index (κ1) is 22.5. The van der Waals surface area contributed by atoms with Gasteiger partial charge >= 0.3 is 0 Å². The molecule has 0 aliphatic carbocycles. The van der Waals surface area contributed by atoms with Gasteiger partial charge in [-0.05, 0) is 68.1 Å². The smallest absolute Gasteiger partial charge is 0.253 e. The lowest BCUT2D eigenvalue weighted by atomic mass is 9.96. The highest BCUT2D eigenvalue weighted by Gasteiger charge is 2.24. The second-order valence-electron chi connectivity index (χ2n) is 7.47. The number of piperidine rings is 1. The highest BCUT2D eigenvalue weighted by molar-refractivity contribution is 5.95. The van der Waals surface area contributed by atoms with Crippen LogP contribution in [0.4, 0.5) is 0 Å². The summed E-state index contributed by atoms with van der Waals surface area (Å²) in [7, 11) is 3.10. The monoisotopic (exact) mass is 426 g/mol. The van der Waals surface area contributed by atoms with Crippen LogP contribution in [0.1, 0.15) is 40.5 Å². The van der Waals surface area contributed by atoms with Crippen molar-refractivity contribution in [2.24, 2.45) is 5.92 Å². The number of benzene rings is 2. The van der Waals surface area contributed by atoms with Crippen molar-refractivity contribution in [3.8, 4) is 17.2 Å². The number of hydrogen-bond donors (Lipinski definition) is 1. The van der Waals surface area contributed by atoms with Gasteiger partial charge in [0.1, 0.15) is 5.75 Å². The van der Waals surface area contributed by atoms with Crippen molar-refractivity contribution in [1.29, 1.82) is 0 Å². The van der Waals surface area contributed by atoms with Crippen molar-refractivity contribution < 1.29 is 23.8 Å². The highest BCUT2D eigenvalue weighted by Crippen LogP contribution is 2.27. The number of methoxy groups -OCH3 is 2. The molecule has 166 valence electrons. The Kier molecular flexibility index (Phi) is 7.76. The zero-order chi connectivity index (χ0) is 22.2. The molecule has 1 heterocycles. The van der Waals surface area contributed by atoms with E-state index < -0.39 is 0 Å². The van der Waals surface area contributed by atoms with E-state index in [2.05, 4.69) is 5.32 Å². The molecule has 0 unspecified atom stereocenters. The molecule has 2 amide bonds. The van der Waals surface area contributed by atoms with Gasteiger partial charge < -0.3 is 24.4 Å². The minimum atomic E-state index is -0.145. The molecular formula is C24H30N2O5. The summed E-state index contributed by atoms with van der Waals surface area (Å²) >= 11 is 0. The summed E-state index contributed by atoms with van der Waals surface area (Å²) < 4.78 is 15.9. The van der Waals surface area contributed by atoms with Gasteiger partial charge in [0.25, 0.3) is 11.8 Å². The van der Waals surface area contributed by atoms with Gasteiger partial charge in [-0.3, -0.25) is 9.59 Å². The Labute approximate surface area is 183 Å². The van der Waals surface area contributed by atoms with E-state index in [1.807, 2.05) is 36.1 Å². The van der Waals surface area contributed by atoms with Gasteiger partial charge in [0.15, 0.2) is 11.5 Å². The van der Waals surface area contributed by atoms with E-state index in [0.717, 1.165) is 18.6 Å². The minimum Gasteiger partial charge on any atom is -0.494 e. The third kappa shape index (κ3) is 5.69. The summed E-state index contributed by atoms with van der Waals surface area (Å²) in [5, 5.41) is 3.00. The molecule has 1 fully saturated rings. The molecule has 0 saturated carbocycles. The van der Waals surface area contributed by atoms with Crippen LogP contribution in [-0.4, -0.2) is 57.2 Å². The van der Waals surface area contributed by atoms with E-state index in [0.29, 0.717) is 54.8 Å². The molecule has 0 aromatic heterocycles. The van der Waals surface area contributed by atoms with Crippen molar-refractivity contribution in [2.75, 3.05) is 40.5 Å². The van der Waals surface area contributed by atoms with E-state index in [1.54, 1.807) is 32.4 Å². The fourth-order valence-corrected chi connectivity index (χ4v) is 3.70. The number of carbonyl (C=O) groups is 2. The van der Waals surface area contributed by atoms with Crippen molar-refractivity contribution in [1.82, 2.24) is 10.2 Å². The number of nitrogens with one attached hydrogen (secondary N) is 1. The second-order valence-corrected chi connectivity index (χ2v) is 7.47. The Hall–Kier alpha value is -3.22. The molecule has 0 radical (unpaired) electrons. The minimum absolute atomic E-state index is 0.0378. The number of amides is 2. The third-order valence-corrected chi connectivity index (χ3v) is 5.51. The quantitative estimate of drug-likeness (QED) is 0.700. The van der Waals surface area contributed by atoms with Crippen LogP contribution >= 0.6 is 0 Å². The molecule has 1 aliphatic rings. The predicted octanol–water partition coefficient (Wildman–Crippen LogP) is 3.38. The summed E-state index contributed by atoms with van der Waals surface area (Å²) in [6.07, 6.45) is 1.71. The maximum absolute atomic E-state index is 12.7. The summed E-state index contributed by atoms with van der Waals surface area (Å²) in [5.41, 5.74) is 1.20. The average Bonchev–Trinajstić information content (AvgIpc) is 2.82. The maximum atomic E-state index is 12.7. The normalized spacial score (nSPS) is 14.1. The van der Waals surface area contributed by atoms with Gasteiger partial charge in [-0.25, -0.2) is 0 Å². The fourth-order valence-electron chi connectivity index (χ4n) is 3.70. The van der Waals surface area contributed by atoms with Gasteiger partial charge in [-0.2, -0.15) is 0 Å². The van der Waals surface area contributed by atoms with Gasteiger partial charge in [-0.1, -0.05) is 0 Å². The summed E-state index contributed by atoms with van der Waals surface area (Å²) in [5.74, 6) is 2.11. The van der Waals surface area contributed by atoms with Gasteiger partial charge in [0.2, 0.25) is 0 Å². The van der Waals surface area contributed by atoms with E-state index in [4.69, 9.17) is 14.2 Å². The number of hydrogen-bond acceptors (Lipinski definition) is 5. The van der Waals surface area contributed by atoms with E-state index in [9.17, 15) is 9.59 Å². The van der Waals surface area contributed by atoms with Crippen LogP contribution in [-0.2, 0) is 0 Å². The Bertz CT molecular complexity index is 889. The molecule has 0 spiro atoms. The average molecular weight is 427 g/mol. The summed E-state index contributed by atoms with van der Waals surface area (Å²) in [4.78, 5) is 27.1. The van der Waals surface area contributed by atoms with Crippen LogP contribution in [0.5, 0.6) is 17.2 Å². The largest absolute Gasteiger partial charge is 0.494 e. The number of likely N-dealkylation sites (tertiary alicyclic amines) is 1.